The second-order valence-corrected chi connectivity index (χ2v) is 5.57. The van der Waals surface area contributed by atoms with Crippen molar-refractivity contribution < 1.29 is 19.1 Å². The first kappa shape index (κ1) is 17.2. The first-order valence-corrected chi connectivity index (χ1v) is 7.90. The highest BCUT2D eigenvalue weighted by Gasteiger charge is 2.28. The molecule has 1 unspecified atom stereocenters. The minimum Gasteiger partial charge on any atom is -0.472 e. The van der Waals surface area contributed by atoms with Gasteiger partial charge >= 0.3 is 5.97 Å². The molecule has 0 aliphatic carbocycles. The van der Waals surface area contributed by atoms with Crippen LogP contribution in [-0.4, -0.2) is 52.5 Å². The number of rotatable bonds is 6. The standard InChI is InChI=1S/C16H23N3O4/c1-4-22-16(21)6-5-15(20)19-8-7-13(10-19)23-14-9-11(2)17-12(3)18-14/h9,13H,4-8,10H2,1-3H3. The van der Waals surface area contributed by atoms with Crippen LogP contribution in [0.25, 0.3) is 0 Å². The minimum atomic E-state index is -0.334. The van der Waals surface area contributed by atoms with Gasteiger partial charge in [0.05, 0.1) is 19.6 Å². The van der Waals surface area contributed by atoms with Crippen molar-refractivity contribution in [3.05, 3.63) is 17.6 Å². The number of hydrogen-bond donors (Lipinski definition) is 0. The van der Waals surface area contributed by atoms with Crippen molar-refractivity contribution in [3.63, 3.8) is 0 Å². The Bertz CT molecular complexity index is 556. The second kappa shape index (κ2) is 7.89. The molecule has 1 aromatic heterocycles. The first-order chi connectivity index (χ1) is 11.0. The SMILES string of the molecule is CCOC(=O)CCC(=O)N1CCC(Oc2cc(C)nc(C)n2)C1. The molecule has 1 amide bonds. The summed E-state index contributed by atoms with van der Waals surface area (Å²) < 4.78 is 10.7. The van der Waals surface area contributed by atoms with E-state index in [2.05, 4.69) is 9.97 Å². The first-order valence-electron chi connectivity index (χ1n) is 7.90. The third-order valence-electron chi connectivity index (χ3n) is 3.58. The lowest BCUT2D eigenvalue weighted by Gasteiger charge is -2.17. The molecule has 0 saturated carbocycles. The highest BCUT2D eigenvalue weighted by molar-refractivity contribution is 5.81. The van der Waals surface area contributed by atoms with Gasteiger partial charge in [0.25, 0.3) is 0 Å². The molecule has 2 rings (SSSR count). The normalized spacial score (nSPS) is 17.2. The highest BCUT2D eigenvalue weighted by atomic mass is 16.5. The molecular formula is C16H23N3O4. The average molecular weight is 321 g/mol. The van der Waals surface area contributed by atoms with Crippen LogP contribution in [0.1, 0.15) is 37.7 Å². The maximum absolute atomic E-state index is 12.1. The van der Waals surface area contributed by atoms with E-state index in [0.29, 0.717) is 31.4 Å². The monoisotopic (exact) mass is 321 g/mol. The molecular weight excluding hydrogens is 298 g/mol. The van der Waals surface area contributed by atoms with Crippen molar-refractivity contribution in [1.29, 1.82) is 0 Å². The molecule has 0 N–H and O–H groups in total. The van der Waals surface area contributed by atoms with Crippen molar-refractivity contribution in [2.45, 2.75) is 46.1 Å². The van der Waals surface area contributed by atoms with E-state index in [0.717, 1.165) is 12.1 Å². The molecule has 0 radical (unpaired) electrons. The molecule has 7 nitrogen and oxygen atoms in total. The predicted molar refractivity (Wildman–Crippen MR) is 83.0 cm³/mol. The molecule has 7 heteroatoms. The van der Waals surface area contributed by atoms with Crippen LogP contribution in [0.4, 0.5) is 0 Å². The van der Waals surface area contributed by atoms with Gasteiger partial charge in [-0.1, -0.05) is 0 Å². The molecule has 1 fully saturated rings. The van der Waals surface area contributed by atoms with E-state index >= 15 is 0 Å². The van der Waals surface area contributed by atoms with Crippen molar-refractivity contribution in [3.8, 4) is 5.88 Å². The van der Waals surface area contributed by atoms with Crippen LogP contribution in [-0.2, 0) is 14.3 Å². The molecule has 23 heavy (non-hydrogen) atoms. The van der Waals surface area contributed by atoms with Crippen LogP contribution in [0.2, 0.25) is 0 Å². The largest absolute Gasteiger partial charge is 0.472 e. The van der Waals surface area contributed by atoms with E-state index in [-0.39, 0.29) is 30.8 Å². The zero-order chi connectivity index (χ0) is 16.8. The number of aryl methyl sites for hydroxylation is 2. The molecule has 126 valence electrons. The Morgan fingerprint density at radius 3 is 2.78 bits per heavy atom. The summed E-state index contributed by atoms with van der Waals surface area (Å²) in [6.07, 6.45) is 0.985. The summed E-state index contributed by atoms with van der Waals surface area (Å²) in [5.74, 6) is 0.833. The van der Waals surface area contributed by atoms with Crippen LogP contribution in [0, 0.1) is 13.8 Å². The number of amides is 1. The van der Waals surface area contributed by atoms with Gasteiger partial charge in [0.15, 0.2) is 0 Å². The summed E-state index contributed by atoms with van der Waals surface area (Å²) in [5.41, 5.74) is 0.855. The lowest BCUT2D eigenvalue weighted by atomic mass is 10.3. The van der Waals surface area contributed by atoms with Gasteiger partial charge in [0.1, 0.15) is 11.9 Å². The van der Waals surface area contributed by atoms with Crippen LogP contribution in [0.5, 0.6) is 5.88 Å². The lowest BCUT2D eigenvalue weighted by Crippen LogP contribution is -2.31. The van der Waals surface area contributed by atoms with Crippen molar-refractivity contribution >= 4 is 11.9 Å². The van der Waals surface area contributed by atoms with E-state index in [1.807, 2.05) is 13.8 Å². The minimum absolute atomic E-state index is 0.0424. The molecule has 2 heterocycles. The van der Waals surface area contributed by atoms with Crippen LogP contribution >= 0.6 is 0 Å². The Balaban J connectivity index is 1.81. The number of aromatic nitrogens is 2. The molecule has 1 saturated heterocycles. The topological polar surface area (TPSA) is 81.6 Å². The van der Waals surface area contributed by atoms with Crippen molar-refractivity contribution in [2.75, 3.05) is 19.7 Å². The predicted octanol–water partition coefficient (Wildman–Crippen LogP) is 1.42. The smallest absolute Gasteiger partial charge is 0.306 e. The number of carbonyl (C=O) groups excluding carboxylic acids is 2. The Labute approximate surface area is 136 Å². The summed E-state index contributed by atoms with van der Waals surface area (Å²) >= 11 is 0. The number of hydrogen-bond acceptors (Lipinski definition) is 6. The maximum Gasteiger partial charge on any atom is 0.306 e. The van der Waals surface area contributed by atoms with E-state index in [4.69, 9.17) is 9.47 Å². The Morgan fingerprint density at radius 2 is 2.09 bits per heavy atom. The molecule has 0 bridgehead atoms. The van der Waals surface area contributed by atoms with Gasteiger partial charge < -0.3 is 14.4 Å². The summed E-state index contributed by atoms with van der Waals surface area (Å²) in [4.78, 5) is 33.6. The second-order valence-electron chi connectivity index (χ2n) is 5.57. The average Bonchev–Trinajstić information content (AvgIpc) is 2.92. The lowest BCUT2D eigenvalue weighted by molar-refractivity contribution is -0.145. The Kier molecular flexibility index (Phi) is 5.90. The van der Waals surface area contributed by atoms with Crippen LogP contribution in [0.3, 0.4) is 0 Å². The fraction of sp³-hybridized carbons (Fsp3) is 0.625. The summed E-state index contributed by atoms with van der Waals surface area (Å²) in [7, 11) is 0. The molecule has 1 atom stereocenters. The Morgan fingerprint density at radius 1 is 1.30 bits per heavy atom. The Hall–Kier alpha value is -2.18. The summed E-state index contributed by atoms with van der Waals surface area (Å²) in [6.45, 7) is 6.95. The van der Waals surface area contributed by atoms with Crippen molar-refractivity contribution in [2.24, 2.45) is 0 Å². The van der Waals surface area contributed by atoms with Gasteiger partial charge in [-0.2, -0.15) is 4.98 Å². The fourth-order valence-electron chi connectivity index (χ4n) is 2.57. The third-order valence-corrected chi connectivity index (χ3v) is 3.58. The molecule has 1 aliphatic heterocycles. The summed E-state index contributed by atoms with van der Waals surface area (Å²) in [5, 5.41) is 0. The number of nitrogens with zero attached hydrogens (tertiary/aromatic N) is 3. The number of esters is 1. The number of ether oxygens (including phenoxy) is 2. The van der Waals surface area contributed by atoms with Gasteiger partial charge in [-0.05, 0) is 20.8 Å². The fourth-order valence-corrected chi connectivity index (χ4v) is 2.57. The van der Waals surface area contributed by atoms with E-state index in [1.54, 1.807) is 17.9 Å². The molecule has 1 aromatic rings. The number of likely N-dealkylation sites (tertiary alicyclic amines) is 1. The zero-order valence-corrected chi connectivity index (χ0v) is 13.9. The zero-order valence-electron chi connectivity index (χ0n) is 13.9. The van der Waals surface area contributed by atoms with Gasteiger partial charge in [0, 0.05) is 31.1 Å². The van der Waals surface area contributed by atoms with Gasteiger partial charge in [0.2, 0.25) is 11.8 Å². The van der Waals surface area contributed by atoms with Gasteiger partial charge in [-0.25, -0.2) is 4.98 Å². The van der Waals surface area contributed by atoms with Gasteiger partial charge in [-0.15, -0.1) is 0 Å². The quantitative estimate of drug-likeness (QED) is 0.737. The van der Waals surface area contributed by atoms with E-state index in [1.165, 1.54) is 0 Å². The third kappa shape index (κ3) is 5.19. The molecule has 0 aromatic carbocycles. The maximum atomic E-state index is 12.1. The summed E-state index contributed by atoms with van der Waals surface area (Å²) in [6, 6.07) is 1.79. The van der Waals surface area contributed by atoms with Crippen LogP contribution in [0.15, 0.2) is 6.07 Å². The van der Waals surface area contributed by atoms with E-state index in [9.17, 15) is 9.59 Å². The van der Waals surface area contributed by atoms with Gasteiger partial charge in [-0.3, -0.25) is 9.59 Å². The van der Waals surface area contributed by atoms with Crippen LogP contribution < -0.4 is 4.74 Å². The highest BCUT2D eigenvalue weighted by Crippen LogP contribution is 2.18. The number of carbonyl (C=O) groups is 2. The molecule has 0 spiro atoms. The van der Waals surface area contributed by atoms with E-state index < -0.39 is 0 Å². The molecule has 1 aliphatic rings. The van der Waals surface area contributed by atoms with Crippen molar-refractivity contribution in [1.82, 2.24) is 14.9 Å².